The van der Waals surface area contributed by atoms with Crippen LogP contribution in [-0.2, 0) is 7.05 Å². The van der Waals surface area contributed by atoms with Crippen molar-refractivity contribution in [2.24, 2.45) is 7.05 Å². The Bertz CT molecular complexity index is 1940. The van der Waals surface area contributed by atoms with Gasteiger partial charge in [0.15, 0.2) is 5.82 Å². The molecule has 10 nitrogen and oxygen atoms in total. The zero-order valence-electron chi connectivity index (χ0n) is 22.6. The molecule has 1 atom stereocenters. The molecular formula is C31H28N8O2. The van der Waals surface area contributed by atoms with E-state index in [-0.39, 0.29) is 22.8 Å². The first kappa shape index (κ1) is 25.7. The summed E-state index contributed by atoms with van der Waals surface area (Å²) in [6.45, 7) is 2.52. The van der Waals surface area contributed by atoms with E-state index in [4.69, 9.17) is 5.73 Å². The lowest BCUT2D eigenvalue weighted by molar-refractivity contribution is 0.0936. The van der Waals surface area contributed by atoms with Gasteiger partial charge in [0.25, 0.3) is 11.5 Å². The fourth-order valence-corrected chi connectivity index (χ4v) is 5.09. The summed E-state index contributed by atoms with van der Waals surface area (Å²) in [4.78, 5) is 27.9. The first-order valence-corrected chi connectivity index (χ1v) is 13.3. The molecule has 2 aromatic carbocycles. The number of para-hydroxylation sites is 1. The number of hydrogen-bond acceptors (Lipinski definition) is 6. The number of rotatable bonds is 5. The molecule has 6 rings (SSSR count). The smallest absolute Gasteiger partial charge is 0.264 e. The van der Waals surface area contributed by atoms with Gasteiger partial charge < -0.3 is 16.4 Å². The summed E-state index contributed by atoms with van der Waals surface area (Å²) in [5.41, 5.74) is 8.90. The molecule has 41 heavy (non-hydrogen) atoms. The van der Waals surface area contributed by atoms with Gasteiger partial charge in [0.1, 0.15) is 11.4 Å². The minimum atomic E-state index is -0.501. The lowest BCUT2D eigenvalue weighted by atomic mass is 10.0. The van der Waals surface area contributed by atoms with Crippen LogP contribution in [0.1, 0.15) is 46.6 Å². The Morgan fingerprint density at radius 2 is 2.00 bits per heavy atom. The number of aryl methyl sites for hydroxylation is 1. The largest absolute Gasteiger partial charge is 0.381 e. The summed E-state index contributed by atoms with van der Waals surface area (Å²) in [7, 11) is 1.83. The van der Waals surface area contributed by atoms with Gasteiger partial charge in [0, 0.05) is 42.9 Å². The number of fused-ring (bicyclic) bond motifs is 2. The molecular weight excluding hydrogens is 516 g/mol. The van der Waals surface area contributed by atoms with E-state index >= 15 is 0 Å². The van der Waals surface area contributed by atoms with E-state index in [0.717, 1.165) is 10.9 Å². The van der Waals surface area contributed by atoms with Crippen LogP contribution in [0.4, 0.5) is 11.6 Å². The number of nitrogens with one attached hydrogen (secondary N) is 2. The molecule has 0 saturated carbocycles. The maximum absolute atomic E-state index is 14.3. The molecule has 0 saturated heterocycles. The number of nitrogen functional groups attached to an aromatic ring is 1. The summed E-state index contributed by atoms with van der Waals surface area (Å²) < 4.78 is 4.89. The topological polar surface area (TPSA) is 125 Å². The molecule has 3 aromatic heterocycles. The van der Waals surface area contributed by atoms with E-state index < -0.39 is 6.04 Å². The van der Waals surface area contributed by atoms with Gasteiger partial charge in [0.2, 0.25) is 0 Å². The number of carbonyl (C=O) groups excluding carboxylic acids is 1. The number of pyridine rings is 1. The van der Waals surface area contributed by atoms with E-state index in [1.165, 1.54) is 0 Å². The minimum absolute atomic E-state index is 0.127. The van der Waals surface area contributed by atoms with Crippen LogP contribution in [-0.4, -0.2) is 36.6 Å². The average Bonchev–Trinajstić information content (AvgIpc) is 3.56. The monoisotopic (exact) mass is 544 g/mol. The molecule has 0 spiro atoms. The highest BCUT2D eigenvalue weighted by molar-refractivity contribution is 6.04. The van der Waals surface area contributed by atoms with Crippen LogP contribution >= 0.6 is 0 Å². The van der Waals surface area contributed by atoms with Crippen molar-refractivity contribution < 1.29 is 4.79 Å². The van der Waals surface area contributed by atoms with Gasteiger partial charge in [-0.1, -0.05) is 49.1 Å². The van der Waals surface area contributed by atoms with Crippen LogP contribution in [0.2, 0.25) is 0 Å². The second-order valence-corrected chi connectivity index (χ2v) is 9.72. The molecule has 0 radical (unpaired) electrons. The zero-order valence-corrected chi connectivity index (χ0v) is 22.6. The molecule has 0 fully saturated rings. The van der Waals surface area contributed by atoms with Crippen molar-refractivity contribution in [3.63, 3.8) is 0 Å². The third-order valence-corrected chi connectivity index (χ3v) is 7.01. The minimum Gasteiger partial charge on any atom is -0.381 e. The third kappa shape index (κ3) is 4.74. The standard InChI is InChI=1S/C31H28N8O2/c1-3-24(35-30(40)27-28(32)36-38-16-8-15-33-29(27)38)25-17-22-10-7-9-21(14-13-20-18-34-37(2)19-20)26(22)31(41)39(25)23-11-5-4-6-12-23/h4-12,16-19,24,33H,3,15H2,1-2H3,(H2,32,36)(H,35,40). The van der Waals surface area contributed by atoms with Crippen molar-refractivity contribution in [3.05, 3.63) is 106 Å². The fourth-order valence-electron chi connectivity index (χ4n) is 5.09. The molecule has 204 valence electrons. The van der Waals surface area contributed by atoms with Gasteiger partial charge in [-0.3, -0.25) is 18.8 Å². The number of hydrogen-bond donors (Lipinski definition) is 3. The van der Waals surface area contributed by atoms with Crippen LogP contribution in [0.25, 0.3) is 22.7 Å². The Morgan fingerprint density at radius 1 is 1.17 bits per heavy atom. The van der Waals surface area contributed by atoms with Gasteiger partial charge in [0.05, 0.1) is 23.2 Å². The van der Waals surface area contributed by atoms with Crippen LogP contribution < -0.4 is 21.9 Å². The van der Waals surface area contributed by atoms with Gasteiger partial charge in [-0.15, -0.1) is 5.10 Å². The highest BCUT2D eigenvalue weighted by atomic mass is 16.2. The first-order chi connectivity index (χ1) is 19.9. The highest BCUT2D eigenvalue weighted by Crippen LogP contribution is 2.28. The summed E-state index contributed by atoms with van der Waals surface area (Å²) in [5, 5.41) is 15.9. The Balaban J connectivity index is 1.48. The van der Waals surface area contributed by atoms with E-state index in [1.54, 1.807) is 26.3 Å². The van der Waals surface area contributed by atoms with E-state index in [0.29, 0.717) is 41.1 Å². The van der Waals surface area contributed by atoms with Crippen molar-refractivity contribution >= 4 is 34.5 Å². The van der Waals surface area contributed by atoms with Crippen molar-refractivity contribution in [2.45, 2.75) is 19.4 Å². The molecule has 1 amide bonds. The lowest BCUT2D eigenvalue weighted by Crippen LogP contribution is -2.34. The summed E-state index contributed by atoms with van der Waals surface area (Å²) in [6.07, 6.45) is 7.69. The number of aromatic nitrogens is 5. The van der Waals surface area contributed by atoms with Gasteiger partial charge >= 0.3 is 0 Å². The number of anilines is 2. The zero-order chi connectivity index (χ0) is 28.5. The predicted molar refractivity (Wildman–Crippen MR) is 160 cm³/mol. The van der Waals surface area contributed by atoms with Crippen LogP contribution in [0.3, 0.4) is 0 Å². The van der Waals surface area contributed by atoms with Gasteiger partial charge in [-0.05, 0) is 42.1 Å². The summed E-state index contributed by atoms with van der Waals surface area (Å²) in [5.74, 6) is 6.56. The van der Waals surface area contributed by atoms with Crippen molar-refractivity contribution in [1.82, 2.24) is 29.4 Å². The van der Waals surface area contributed by atoms with Crippen molar-refractivity contribution in [2.75, 3.05) is 17.6 Å². The van der Waals surface area contributed by atoms with E-state index in [2.05, 4.69) is 32.7 Å². The Labute approximate surface area is 236 Å². The molecule has 1 unspecified atom stereocenters. The normalized spacial score (nSPS) is 12.7. The van der Waals surface area contributed by atoms with Gasteiger partial charge in [-0.2, -0.15) is 5.10 Å². The summed E-state index contributed by atoms with van der Waals surface area (Å²) >= 11 is 0. The van der Waals surface area contributed by atoms with Crippen LogP contribution in [0.15, 0.2) is 77.9 Å². The van der Waals surface area contributed by atoms with Crippen LogP contribution in [0, 0.1) is 11.8 Å². The molecule has 5 aromatic rings. The molecule has 4 N–H and O–H groups in total. The molecule has 0 bridgehead atoms. The highest BCUT2D eigenvalue weighted by Gasteiger charge is 2.27. The van der Waals surface area contributed by atoms with Gasteiger partial charge in [-0.25, -0.2) is 4.68 Å². The number of carbonyl (C=O) groups is 1. The number of nitrogens with zero attached hydrogens (tertiary/aromatic N) is 5. The number of benzene rings is 2. The van der Waals surface area contributed by atoms with E-state index in [1.807, 2.05) is 80.8 Å². The maximum Gasteiger partial charge on any atom is 0.264 e. The second-order valence-electron chi connectivity index (χ2n) is 9.72. The predicted octanol–water partition coefficient (Wildman–Crippen LogP) is 3.68. The van der Waals surface area contributed by atoms with Crippen molar-refractivity contribution in [1.29, 1.82) is 0 Å². The first-order valence-electron chi connectivity index (χ1n) is 13.3. The average molecular weight is 545 g/mol. The molecule has 1 aliphatic heterocycles. The maximum atomic E-state index is 14.3. The number of amides is 1. The Hall–Kier alpha value is -5.56. The van der Waals surface area contributed by atoms with Crippen molar-refractivity contribution in [3.8, 4) is 17.5 Å². The van der Waals surface area contributed by atoms with E-state index in [9.17, 15) is 9.59 Å². The Morgan fingerprint density at radius 3 is 2.76 bits per heavy atom. The second kappa shape index (κ2) is 10.5. The Kier molecular flexibility index (Phi) is 6.61. The lowest BCUT2D eigenvalue weighted by Gasteiger charge is -2.23. The van der Waals surface area contributed by atoms with Crippen LogP contribution in [0.5, 0.6) is 0 Å². The SMILES string of the molecule is CCC(NC(=O)c1c(N)nn2c1NCC=C2)c1cc2cccc(C#Cc3cnn(C)c3)c2c(=O)n1-c1ccccc1. The number of nitrogens with two attached hydrogens (primary N) is 1. The molecule has 0 aliphatic carbocycles. The summed E-state index contributed by atoms with van der Waals surface area (Å²) in [6, 6.07) is 16.5. The quantitative estimate of drug-likeness (QED) is 0.290. The third-order valence-electron chi connectivity index (χ3n) is 7.01. The molecule has 4 heterocycles. The molecule has 10 heteroatoms. The fraction of sp³-hybridized carbons (Fsp3) is 0.161. The molecule has 1 aliphatic rings.